The van der Waals surface area contributed by atoms with Gasteiger partial charge in [0.25, 0.3) is 0 Å². The SMILES string of the molecule is Cc1c(Cc2ccc3c(c2)CCN(C(=O)OC(C)(C)C)C3)cccc1-c1ccccc1. The topological polar surface area (TPSA) is 29.5 Å². The van der Waals surface area contributed by atoms with E-state index in [9.17, 15) is 4.79 Å². The van der Waals surface area contributed by atoms with Crippen molar-refractivity contribution in [2.24, 2.45) is 0 Å². The van der Waals surface area contributed by atoms with E-state index in [1.807, 2.05) is 20.8 Å². The Morgan fingerprint density at radius 3 is 2.48 bits per heavy atom. The summed E-state index contributed by atoms with van der Waals surface area (Å²) in [5.41, 5.74) is 8.66. The monoisotopic (exact) mass is 413 g/mol. The fourth-order valence-electron chi connectivity index (χ4n) is 4.22. The van der Waals surface area contributed by atoms with Crippen molar-refractivity contribution in [3.63, 3.8) is 0 Å². The van der Waals surface area contributed by atoms with Gasteiger partial charge >= 0.3 is 6.09 Å². The van der Waals surface area contributed by atoms with Crippen LogP contribution >= 0.6 is 0 Å². The van der Waals surface area contributed by atoms with Gasteiger partial charge in [-0.2, -0.15) is 0 Å². The summed E-state index contributed by atoms with van der Waals surface area (Å²) in [6.45, 7) is 9.26. The van der Waals surface area contributed by atoms with Crippen molar-refractivity contribution in [3.05, 3.63) is 94.5 Å². The summed E-state index contributed by atoms with van der Waals surface area (Å²) >= 11 is 0. The lowest BCUT2D eigenvalue weighted by atomic mass is 9.91. The zero-order valence-electron chi connectivity index (χ0n) is 18.9. The van der Waals surface area contributed by atoms with Gasteiger partial charge in [-0.05, 0) is 79.5 Å². The minimum atomic E-state index is -0.465. The minimum absolute atomic E-state index is 0.226. The fourth-order valence-corrected chi connectivity index (χ4v) is 4.22. The van der Waals surface area contributed by atoms with Crippen LogP contribution in [0.2, 0.25) is 0 Å². The second-order valence-electron chi connectivity index (χ2n) is 9.39. The fraction of sp³-hybridized carbons (Fsp3) is 0.321. The molecule has 3 aromatic carbocycles. The zero-order chi connectivity index (χ0) is 22.0. The maximum atomic E-state index is 12.4. The molecule has 0 fully saturated rings. The summed E-state index contributed by atoms with van der Waals surface area (Å²) in [5, 5.41) is 0. The van der Waals surface area contributed by atoms with E-state index < -0.39 is 5.60 Å². The standard InChI is InChI=1S/C28H31NO2/c1-20-23(11-8-12-26(20)22-9-6-5-7-10-22)17-21-13-14-25-19-29(16-15-24(25)18-21)27(30)31-28(2,3)4/h5-14,18H,15-17,19H2,1-4H3. The van der Waals surface area contributed by atoms with Crippen molar-refractivity contribution in [2.75, 3.05) is 6.54 Å². The van der Waals surface area contributed by atoms with Gasteiger partial charge in [-0.15, -0.1) is 0 Å². The Bertz CT molecular complexity index is 1080. The summed E-state index contributed by atoms with van der Waals surface area (Å²) in [6, 6.07) is 23.8. The Balaban J connectivity index is 1.51. The van der Waals surface area contributed by atoms with Crippen LogP contribution in [0, 0.1) is 6.92 Å². The van der Waals surface area contributed by atoms with Crippen molar-refractivity contribution >= 4 is 6.09 Å². The third-order valence-corrected chi connectivity index (χ3v) is 5.86. The van der Waals surface area contributed by atoms with Gasteiger partial charge in [0, 0.05) is 13.1 Å². The third-order valence-electron chi connectivity index (χ3n) is 5.86. The lowest BCUT2D eigenvalue weighted by Gasteiger charge is -2.31. The van der Waals surface area contributed by atoms with Crippen LogP contribution in [0.4, 0.5) is 4.79 Å². The lowest BCUT2D eigenvalue weighted by molar-refractivity contribution is 0.0224. The van der Waals surface area contributed by atoms with Gasteiger partial charge in [0.2, 0.25) is 0 Å². The quantitative estimate of drug-likeness (QED) is 0.487. The van der Waals surface area contributed by atoms with Gasteiger partial charge in [-0.1, -0.05) is 66.7 Å². The van der Waals surface area contributed by atoms with Crippen molar-refractivity contribution in [1.82, 2.24) is 4.90 Å². The number of fused-ring (bicyclic) bond motifs is 1. The summed E-state index contributed by atoms with van der Waals surface area (Å²) in [4.78, 5) is 14.2. The van der Waals surface area contributed by atoms with Crippen LogP contribution in [0.1, 0.15) is 48.6 Å². The zero-order valence-corrected chi connectivity index (χ0v) is 18.9. The van der Waals surface area contributed by atoms with E-state index in [2.05, 4.69) is 73.7 Å². The lowest BCUT2D eigenvalue weighted by Crippen LogP contribution is -2.39. The van der Waals surface area contributed by atoms with Gasteiger partial charge in [0.05, 0.1) is 0 Å². The summed E-state index contributed by atoms with van der Waals surface area (Å²) in [6.07, 6.45) is 1.55. The molecule has 31 heavy (non-hydrogen) atoms. The Labute approximate surface area is 185 Å². The molecule has 3 nitrogen and oxygen atoms in total. The molecule has 0 aliphatic carbocycles. The summed E-state index contributed by atoms with van der Waals surface area (Å²) in [7, 11) is 0. The Morgan fingerprint density at radius 2 is 1.74 bits per heavy atom. The first-order chi connectivity index (χ1) is 14.8. The van der Waals surface area contributed by atoms with Crippen LogP contribution in [0.25, 0.3) is 11.1 Å². The number of hydrogen-bond donors (Lipinski definition) is 0. The van der Waals surface area contributed by atoms with E-state index in [1.54, 1.807) is 4.90 Å². The number of carbonyl (C=O) groups excluding carboxylic acids is 1. The Kier molecular flexibility index (Phi) is 5.86. The number of nitrogens with zero attached hydrogens (tertiary/aromatic N) is 1. The van der Waals surface area contributed by atoms with E-state index in [-0.39, 0.29) is 6.09 Å². The molecule has 0 bridgehead atoms. The molecular weight excluding hydrogens is 382 g/mol. The third kappa shape index (κ3) is 4.99. The van der Waals surface area contributed by atoms with E-state index in [4.69, 9.17) is 4.74 Å². The molecular formula is C28H31NO2. The highest BCUT2D eigenvalue weighted by atomic mass is 16.6. The molecule has 0 N–H and O–H groups in total. The van der Waals surface area contributed by atoms with Gasteiger partial charge in [0.15, 0.2) is 0 Å². The van der Waals surface area contributed by atoms with Gasteiger partial charge in [-0.25, -0.2) is 4.79 Å². The molecule has 0 aromatic heterocycles. The highest BCUT2D eigenvalue weighted by Crippen LogP contribution is 2.28. The molecule has 1 aliphatic rings. The molecule has 0 saturated heterocycles. The predicted octanol–water partition coefficient (Wildman–Crippen LogP) is 6.55. The van der Waals surface area contributed by atoms with Crippen LogP contribution in [0.3, 0.4) is 0 Å². The van der Waals surface area contributed by atoms with Crippen molar-refractivity contribution in [3.8, 4) is 11.1 Å². The molecule has 3 aromatic rings. The first kappa shape index (κ1) is 21.2. The number of ether oxygens (including phenoxy) is 1. The highest BCUT2D eigenvalue weighted by molar-refractivity contribution is 5.69. The molecule has 0 saturated carbocycles. The van der Waals surface area contributed by atoms with Crippen molar-refractivity contribution in [1.29, 1.82) is 0 Å². The number of benzene rings is 3. The maximum Gasteiger partial charge on any atom is 0.410 e. The number of hydrogen-bond acceptors (Lipinski definition) is 2. The van der Waals surface area contributed by atoms with E-state index in [0.29, 0.717) is 13.1 Å². The van der Waals surface area contributed by atoms with E-state index in [0.717, 1.165) is 12.8 Å². The molecule has 0 spiro atoms. The van der Waals surface area contributed by atoms with Crippen LogP contribution in [-0.2, 0) is 24.1 Å². The van der Waals surface area contributed by atoms with E-state index in [1.165, 1.54) is 38.9 Å². The first-order valence-electron chi connectivity index (χ1n) is 11.0. The predicted molar refractivity (Wildman–Crippen MR) is 126 cm³/mol. The molecule has 1 amide bonds. The summed E-state index contributed by atoms with van der Waals surface area (Å²) < 4.78 is 5.54. The van der Waals surface area contributed by atoms with Crippen LogP contribution in [0.5, 0.6) is 0 Å². The Morgan fingerprint density at radius 1 is 0.968 bits per heavy atom. The number of rotatable bonds is 3. The van der Waals surface area contributed by atoms with Gasteiger partial charge < -0.3 is 9.64 Å². The van der Waals surface area contributed by atoms with Crippen LogP contribution in [0.15, 0.2) is 66.7 Å². The number of carbonyl (C=O) groups is 1. The van der Waals surface area contributed by atoms with Gasteiger partial charge in [0.1, 0.15) is 5.60 Å². The smallest absolute Gasteiger partial charge is 0.410 e. The molecule has 160 valence electrons. The van der Waals surface area contributed by atoms with E-state index >= 15 is 0 Å². The molecule has 1 heterocycles. The summed E-state index contributed by atoms with van der Waals surface area (Å²) in [5.74, 6) is 0. The largest absolute Gasteiger partial charge is 0.444 e. The molecule has 0 atom stereocenters. The molecule has 4 rings (SSSR count). The van der Waals surface area contributed by atoms with Crippen molar-refractivity contribution < 1.29 is 9.53 Å². The molecule has 1 aliphatic heterocycles. The normalized spacial score (nSPS) is 13.6. The Hall–Kier alpha value is -3.07. The number of amides is 1. The van der Waals surface area contributed by atoms with Gasteiger partial charge in [-0.3, -0.25) is 0 Å². The maximum absolute atomic E-state index is 12.4. The molecule has 0 radical (unpaired) electrons. The second kappa shape index (κ2) is 8.58. The van der Waals surface area contributed by atoms with Crippen LogP contribution in [-0.4, -0.2) is 23.1 Å². The van der Waals surface area contributed by atoms with Crippen molar-refractivity contribution in [2.45, 2.75) is 52.7 Å². The molecule has 0 unspecified atom stereocenters. The average Bonchev–Trinajstić information content (AvgIpc) is 2.74. The average molecular weight is 414 g/mol. The van der Waals surface area contributed by atoms with Crippen LogP contribution < -0.4 is 0 Å². The molecule has 3 heteroatoms. The highest BCUT2D eigenvalue weighted by Gasteiger charge is 2.25. The minimum Gasteiger partial charge on any atom is -0.444 e. The first-order valence-corrected chi connectivity index (χ1v) is 11.0. The second-order valence-corrected chi connectivity index (χ2v) is 9.39.